The molecular formula is C28H34N6O8S2. The highest BCUT2D eigenvalue weighted by atomic mass is 32.2. The van der Waals surface area contributed by atoms with Crippen molar-refractivity contribution < 1.29 is 33.6 Å². The number of esters is 2. The van der Waals surface area contributed by atoms with Gasteiger partial charge in [0.05, 0.1) is 36.0 Å². The molecule has 0 aliphatic heterocycles. The van der Waals surface area contributed by atoms with Crippen LogP contribution in [-0.2, 0) is 27.4 Å². The first kappa shape index (κ1) is 34.2. The van der Waals surface area contributed by atoms with Gasteiger partial charge in [-0.2, -0.15) is 0 Å². The van der Waals surface area contributed by atoms with Gasteiger partial charge in [0.25, 0.3) is 11.6 Å². The number of nitro groups is 1. The summed E-state index contributed by atoms with van der Waals surface area (Å²) in [7, 11) is 0. The maximum absolute atomic E-state index is 13.0. The minimum absolute atomic E-state index is 0.0119. The Hall–Kier alpha value is -4.31. The van der Waals surface area contributed by atoms with Gasteiger partial charge >= 0.3 is 11.9 Å². The molecule has 3 rings (SSSR count). The molecule has 0 bridgehead atoms. The van der Waals surface area contributed by atoms with Gasteiger partial charge < -0.3 is 24.7 Å². The van der Waals surface area contributed by atoms with Gasteiger partial charge in [-0.25, -0.2) is 9.59 Å². The average molecular weight is 647 g/mol. The molecule has 0 fully saturated rings. The first-order valence-electron chi connectivity index (χ1n) is 13.9. The Labute approximate surface area is 262 Å². The van der Waals surface area contributed by atoms with Crippen molar-refractivity contribution in [3.63, 3.8) is 0 Å². The molecule has 14 nitrogen and oxygen atoms in total. The van der Waals surface area contributed by atoms with E-state index in [1.807, 2.05) is 6.92 Å². The summed E-state index contributed by atoms with van der Waals surface area (Å²) in [6, 6.07) is 4.25. The Bertz CT molecular complexity index is 1550. The number of carbonyl (C=O) groups is 4. The number of amides is 2. The number of ether oxygens (including phenoxy) is 2. The molecule has 2 heterocycles. The monoisotopic (exact) mass is 646 g/mol. The lowest BCUT2D eigenvalue weighted by Gasteiger charge is -2.11. The van der Waals surface area contributed by atoms with Crippen molar-refractivity contribution in [1.82, 2.24) is 20.1 Å². The number of nitrogens with zero attached hydrogens (tertiary/aromatic N) is 4. The van der Waals surface area contributed by atoms with Crippen molar-refractivity contribution in [2.45, 2.75) is 65.7 Å². The van der Waals surface area contributed by atoms with E-state index in [1.165, 1.54) is 18.2 Å². The lowest BCUT2D eigenvalue weighted by Crippen LogP contribution is -2.25. The van der Waals surface area contributed by atoms with Crippen LogP contribution in [0, 0.1) is 24.0 Å². The maximum atomic E-state index is 13.0. The summed E-state index contributed by atoms with van der Waals surface area (Å²) in [6.07, 6.45) is 1.66. The van der Waals surface area contributed by atoms with Crippen molar-refractivity contribution in [3.05, 3.63) is 61.3 Å². The molecule has 0 aliphatic rings. The number of anilines is 1. The zero-order chi connectivity index (χ0) is 32.4. The van der Waals surface area contributed by atoms with E-state index < -0.39 is 28.7 Å². The second-order valence-electron chi connectivity index (χ2n) is 9.38. The molecule has 0 saturated heterocycles. The number of benzene rings is 1. The van der Waals surface area contributed by atoms with Crippen molar-refractivity contribution in [2.24, 2.45) is 0 Å². The molecule has 2 amide bonds. The summed E-state index contributed by atoms with van der Waals surface area (Å²) >= 11 is 2.06. The van der Waals surface area contributed by atoms with Gasteiger partial charge in [-0.1, -0.05) is 31.2 Å². The number of unbranched alkanes of at least 4 members (excludes halogenated alkanes) is 1. The molecule has 0 aliphatic carbocycles. The Morgan fingerprint density at radius 2 is 1.77 bits per heavy atom. The second kappa shape index (κ2) is 16.0. The summed E-state index contributed by atoms with van der Waals surface area (Å²) < 4.78 is 12.0. The number of rotatable bonds is 15. The summed E-state index contributed by atoms with van der Waals surface area (Å²) in [5.41, 5.74) is 0.903. The number of aryl methyl sites for hydroxylation is 1. The number of hydrogen-bond acceptors (Lipinski definition) is 12. The smallest absolute Gasteiger partial charge is 0.348 e. The number of nitro benzene ring substituents is 1. The Kier molecular flexibility index (Phi) is 12.4. The molecular weight excluding hydrogens is 612 g/mol. The summed E-state index contributed by atoms with van der Waals surface area (Å²) in [5, 5.41) is 25.7. The maximum Gasteiger partial charge on any atom is 0.348 e. The predicted octanol–water partition coefficient (Wildman–Crippen LogP) is 4.68. The molecule has 0 spiro atoms. The van der Waals surface area contributed by atoms with E-state index in [0.717, 1.165) is 35.9 Å². The summed E-state index contributed by atoms with van der Waals surface area (Å²) in [5.74, 6) is -1.84. The zero-order valence-electron chi connectivity index (χ0n) is 25.1. The first-order chi connectivity index (χ1) is 21.0. The number of thioether (sulfide) groups is 1. The van der Waals surface area contributed by atoms with E-state index in [0.29, 0.717) is 28.7 Å². The molecule has 2 aromatic heterocycles. The number of carbonyl (C=O) groups excluding carboxylic acids is 4. The first-order valence-corrected chi connectivity index (χ1v) is 15.7. The zero-order valence-corrected chi connectivity index (χ0v) is 26.7. The van der Waals surface area contributed by atoms with Crippen molar-refractivity contribution in [3.8, 4) is 0 Å². The van der Waals surface area contributed by atoms with E-state index in [4.69, 9.17) is 9.47 Å². The predicted molar refractivity (Wildman–Crippen MR) is 164 cm³/mol. The van der Waals surface area contributed by atoms with Crippen molar-refractivity contribution >= 4 is 57.5 Å². The number of hydrogen-bond donors (Lipinski definition) is 2. The van der Waals surface area contributed by atoms with Crippen LogP contribution >= 0.6 is 23.1 Å². The Morgan fingerprint density at radius 1 is 1.07 bits per heavy atom. The molecule has 1 aromatic carbocycles. The highest BCUT2D eigenvalue weighted by Gasteiger charge is 2.27. The van der Waals surface area contributed by atoms with Crippen LogP contribution in [0.5, 0.6) is 0 Å². The van der Waals surface area contributed by atoms with Crippen LogP contribution in [0.15, 0.2) is 23.4 Å². The molecule has 16 heteroatoms. The van der Waals surface area contributed by atoms with Crippen LogP contribution in [0.1, 0.15) is 81.0 Å². The van der Waals surface area contributed by atoms with E-state index in [2.05, 4.69) is 20.8 Å². The normalized spacial score (nSPS) is 10.8. The molecule has 0 unspecified atom stereocenters. The SMILES string of the molecule is CCCCn1c(CNC(=O)c2ccc(C)c([N+](=O)[O-])c2)nnc1SCC(=O)Nc1sc(C(=O)OCC)c(C)c1C(=O)OCC. The lowest BCUT2D eigenvalue weighted by molar-refractivity contribution is -0.385. The van der Waals surface area contributed by atoms with Gasteiger partial charge in [0.2, 0.25) is 5.91 Å². The third-order valence-corrected chi connectivity index (χ3v) is 8.43. The number of nitrogens with one attached hydrogen (secondary N) is 2. The van der Waals surface area contributed by atoms with Gasteiger partial charge in [0, 0.05) is 23.7 Å². The van der Waals surface area contributed by atoms with Gasteiger partial charge in [-0.05, 0) is 45.7 Å². The third-order valence-electron chi connectivity index (χ3n) is 6.28. The van der Waals surface area contributed by atoms with Gasteiger partial charge in [0.1, 0.15) is 9.88 Å². The molecule has 236 valence electrons. The van der Waals surface area contributed by atoms with E-state index in [-0.39, 0.29) is 52.2 Å². The van der Waals surface area contributed by atoms with Crippen LogP contribution in [0.3, 0.4) is 0 Å². The van der Waals surface area contributed by atoms with E-state index in [9.17, 15) is 29.3 Å². The summed E-state index contributed by atoms with van der Waals surface area (Å²) in [4.78, 5) is 61.7. The fourth-order valence-corrected chi connectivity index (χ4v) is 5.93. The Morgan fingerprint density at radius 3 is 2.43 bits per heavy atom. The molecule has 0 saturated carbocycles. The van der Waals surface area contributed by atoms with Gasteiger partial charge in [-0.3, -0.25) is 19.7 Å². The quantitative estimate of drug-likeness (QED) is 0.101. The number of thiophene rings is 1. The molecule has 44 heavy (non-hydrogen) atoms. The summed E-state index contributed by atoms with van der Waals surface area (Å²) in [6.45, 7) is 9.35. The highest BCUT2D eigenvalue weighted by molar-refractivity contribution is 7.99. The molecule has 0 radical (unpaired) electrons. The highest BCUT2D eigenvalue weighted by Crippen LogP contribution is 2.34. The lowest BCUT2D eigenvalue weighted by atomic mass is 10.1. The van der Waals surface area contributed by atoms with Gasteiger partial charge in [0.15, 0.2) is 11.0 Å². The van der Waals surface area contributed by atoms with E-state index in [1.54, 1.807) is 32.3 Å². The average Bonchev–Trinajstić information content (AvgIpc) is 3.53. The van der Waals surface area contributed by atoms with Crippen LogP contribution in [-0.4, -0.2) is 62.4 Å². The van der Waals surface area contributed by atoms with Gasteiger partial charge in [-0.15, -0.1) is 21.5 Å². The number of aromatic nitrogens is 3. The van der Waals surface area contributed by atoms with Crippen LogP contribution in [0.25, 0.3) is 0 Å². The van der Waals surface area contributed by atoms with Crippen LogP contribution in [0.4, 0.5) is 10.7 Å². The topological polar surface area (TPSA) is 185 Å². The van der Waals surface area contributed by atoms with Crippen LogP contribution < -0.4 is 10.6 Å². The van der Waals surface area contributed by atoms with Crippen molar-refractivity contribution in [2.75, 3.05) is 24.3 Å². The fourth-order valence-electron chi connectivity index (χ4n) is 4.04. The fraction of sp³-hybridized carbons (Fsp3) is 0.429. The third kappa shape index (κ3) is 8.41. The largest absolute Gasteiger partial charge is 0.462 e. The Balaban J connectivity index is 1.73. The minimum atomic E-state index is -0.661. The van der Waals surface area contributed by atoms with Crippen molar-refractivity contribution in [1.29, 1.82) is 0 Å². The second-order valence-corrected chi connectivity index (χ2v) is 11.3. The molecule has 3 aromatic rings. The van der Waals surface area contributed by atoms with Crippen LogP contribution in [0.2, 0.25) is 0 Å². The molecule has 0 atom stereocenters. The molecule has 2 N–H and O–H groups in total. The minimum Gasteiger partial charge on any atom is -0.462 e. The standard InChI is InChI=1S/C28H34N6O8S2/c1-6-9-12-33-20(14-29-24(36)18-11-10-16(4)19(13-18)34(39)40)31-32-28(33)43-15-21(35)30-25-22(26(37)41-7-2)17(5)23(44-25)27(38)42-8-3/h10-11,13H,6-9,12,14-15H2,1-5H3,(H,29,36)(H,30,35). The van der Waals surface area contributed by atoms with E-state index >= 15 is 0 Å².